The van der Waals surface area contributed by atoms with Gasteiger partial charge in [0.15, 0.2) is 0 Å². The number of nitrogens with zero attached hydrogens (tertiary/aromatic N) is 2. The van der Waals surface area contributed by atoms with Gasteiger partial charge in [0.1, 0.15) is 17.7 Å². The molecule has 2 aromatic rings. The number of furan rings is 1. The Hall–Kier alpha value is -1.59. The van der Waals surface area contributed by atoms with Gasteiger partial charge in [-0.05, 0) is 31.9 Å². The first-order chi connectivity index (χ1) is 10.2. The van der Waals surface area contributed by atoms with Gasteiger partial charge >= 0.3 is 0 Å². The molecule has 0 aromatic carbocycles. The van der Waals surface area contributed by atoms with E-state index in [1.165, 1.54) is 0 Å². The molecule has 0 radical (unpaired) electrons. The van der Waals surface area contributed by atoms with E-state index in [0.29, 0.717) is 12.1 Å². The minimum absolute atomic E-state index is 0.0519. The molecular formula is C16H23N3O2. The van der Waals surface area contributed by atoms with Crippen LogP contribution in [0.15, 0.2) is 35.2 Å². The van der Waals surface area contributed by atoms with E-state index in [-0.39, 0.29) is 6.10 Å². The monoisotopic (exact) mass is 289 g/mol. The predicted octanol–water partition coefficient (Wildman–Crippen LogP) is 2.45. The molecule has 0 saturated carbocycles. The molecule has 3 atom stereocenters. The molecule has 3 heterocycles. The fraction of sp³-hybridized carbons (Fsp3) is 0.562. The van der Waals surface area contributed by atoms with Gasteiger partial charge in [0.25, 0.3) is 0 Å². The van der Waals surface area contributed by atoms with Crippen molar-refractivity contribution in [2.24, 2.45) is 7.05 Å². The predicted molar refractivity (Wildman–Crippen MR) is 79.9 cm³/mol. The summed E-state index contributed by atoms with van der Waals surface area (Å²) in [5.41, 5.74) is 0. The lowest BCUT2D eigenvalue weighted by molar-refractivity contribution is 0.0874. The Labute approximate surface area is 125 Å². The van der Waals surface area contributed by atoms with Crippen LogP contribution in [-0.4, -0.2) is 28.2 Å². The van der Waals surface area contributed by atoms with Gasteiger partial charge in [-0.25, -0.2) is 4.98 Å². The van der Waals surface area contributed by atoms with Crippen LogP contribution in [0.1, 0.15) is 37.5 Å². The van der Waals surface area contributed by atoms with Crippen molar-refractivity contribution >= 4 is 0 Å². The van der Waals surface area contributed by atoms with Crippen LogP contribution in [-0.2, 0) is 18.2 Å². The zero-order valence-corrected chi connectivity index (χ0v) is 12.7. The van der Waals surface area contributed by atoms with Crippen LogP contribution in [0.3, 0.4) is 0 Å². The van der Waals surface area contributed by atoms with Crippen molar-refractivity contribution in [3.8, 4) is 0 Å². The van der Waals surface area contributed by atoms with Crippen LogP contribution in [0.25, 0.3) is 0 Å². The summed E-state index contributed by atoms with van der Waals surface area (Å²) in [4.78, 5) is 4.42. The lowest BCUT2D eigenvalue weighted by atomic mass is 10.1. The second-order valence-corrected chi connectivity index (χ2v) is 5.77. The highest BCUT2D eigenvalue weighted by Crippen LogP contribution is 2.28. The quantitative estimate of drug-likeness (QED) is 0.887. The van der Waals surface area contributed by atoms with Crippen molar-refractivity contribution in [1.82, 2.24) is 14.9 Å². The maximum atomic E-state index is 5.88. The van der Waals surface area contributed by atoms with Crippen molar-refractivity contribution in [3.05, 3.63) is 42.4 Å². The number of aromatic nitrogens is 2. The van der Waals surface area contributed by atoms with E-state index >= 15 is 0 Å². The largest absolute Gasteiger partial charge is 0.469 e. The number of ether oxygens (including phenoxy) is 1. The summed E-state index contributed by atoms with van der Waals surface area (Å²) >= 11 is 0. The van der Waals surface area contributed by atoms with Crippen molar-refractivity contribution in [3.63, 3.8) is 0 Å². The van der Waals surface area contributed by atoms with E-state index in [1.54, 1.807) is 6.26 Å². The Bertz CT molecular complexity index is 550. The van der Waals surface area contributed by atoms with E-state index in [9.17, 15) is 0 Å². The standard InChI is InChI=1S/C16H23N3O2/c1-12(5-6-13-4-3-10-20-13)18-14-7-11-21-15(14)16-17-8-9-19(16)2/h3-4,8-10,12,14-15,18H,5-7,11H2,1-2H3/t12-,14-,15-/m0/s1. The van der Waals surface area contributed by atoms with Gasteiger partial charge < -0.3 is 19.0 Å². The Morgan fingerprint density at radius 1 is 1.52 bits per heavy atom. The Kier molecular flexibility index (Phi) is 4.41. The molecule has 5 nitrogen and oxygen atoms in total. The first-order valence-corrected chi connectivity index (χ1v) is 7.61. The molecule has 0 aliphatic carbocycles. The fourth-order valence-electron chi connectivity index (χ4n) is 2.93. The average Bonchev–Trinajstić information content (AvgIpc) is 3.18. The normalized spacial score (nSPS) is 23.5. The lowest BCUT2D eigenvalue weighted by Gasteiger charge is -2.23. The Balaban J connectivity index is 1.55. The molecule has 0 unspecified atom stereocenters. The van der Waals surface area contributed by atoms with Gasteiger partial charge in [-0.15, -0.1) is 0 Å². The van der Waals surface area contributed by atoms with Gasteiger partial charge in [-0.3, -0.25) is 0 Å². The first kappa shape index (κ1) is 14.4. The van der Waals surface area contributed by atoms with Gasteiger partial charge in [0.2, 0.25) is 0 Å². The topological polar surface area (TPSA) is 52.2 Å². The van der Waals surface area contributed by atoms with Crippen LogP contribution in [0.5, 0.6) is 0 Å². The zero-order valence-electron chi connectivity index (χ0n) is 12.7. The average molecular weight is 289 g/mol. The summed E-state index contributed by atoms with van der Waals surface area (Å²) in [6.45, 7) is 3.01. The lowest BCUT2D eigenvalue weighted by Crippen LogP contribution is -2.39. The number of nitrogens with one attached hydrogen (secondary N) is 1. The molecular weight excluding hydrogens is 266 g/mol. The Morgan fingerprint density at radius 2 is 2.43 bits per heavy atom. The molecule has 0 spiro atoms. The maximum Gasteiger partial charge on any atom is 0.139 e. The molecule has 1 saturated heterocycles. The zero-order chi connectivity index (χ0) is 14.7. The second-order valence-electron chi connectivity index (χ2n) is 5.77. The van der Waals surface area contributed by atoms with Gasteiger partial charge in [0, 0.05) is 44.6 Å². The molecule has 2 aromatic heterocycles. The van der Waals surface area contributed by atoms with Crippen molar-refractivity contribution < 1.29 is 9.15 Å². The molecule has 5 heteroatoms. The van der Waals surface area contributed by atoms with Gasteiger partial charge in [-0.2, -0.15) is 0 Å². The summed E-state index contributed by atoms with van der Waals surface area (Å²) < 4.78 is 13.3. The van der Waals surface area contributed by atoms with Crippen molar-refractivity contribution in [2.45, 2.75) is 44.4 Å². The summed E-state index contributed by atoms with van der Waals surface area (Å²) in [5, 5.41) is 3.69. The first-order valence-electron chi connectivity index (χ1n) is 7.61. The van der Waals surface area contributed by atoms with Crippen LogP contribution >= 0.6 is 0 Å². The number of rotatable bonds is 6. The van der Waals surface area contributed by atoms with E-state index in [4.69, 9.17) is 9.15 Å². The molecule has 0 amide bonds. The number of imidazole rings is 1. The smallest absolute Gasteiger partial charge is 0.139 e. The molecule has 1 aliphatic heterocycles. The second kappa shape index (κ2) is 6.45. The SMILES string of the molecule is C[C@@H](CCc1ccco1)N[C@H]1CCO[C@@H]1c1nccn1C. The highest BCUT2D eigenvalue weighted by Gasteiger charge is 2.32. The summed E-state index contributed by atoms with van der Waals surface area (Å²) in [6.07, 6.45) is 8.62. The van der Waals surface area contributed by atoms with E-state index in [0.717, 1.165) is 37.5 Å². The third-order valence-electron chi connectivity index (χ3n) is 4.11. The minimum atomic E-state index is 0.0519. The Morgan fingerprint density at radius 3 is 3.14 bits per heavy atom. The van der Waals surface area contributed by atoms with E-state index < -0.39 is 0 Å². The molecule has 114 valence electrons. The number of aryl methyl sites for hydroxylation is 2. The van der Waals surface area contributed by atoms with Gasteiger partial charge in [0.05, 0.1) is 6.26 Å². The molecule has 1 fully saturated rings. The van der Waals surface area contributed by atoms with Crippen LogP contribution < -0.4 is 5.32 Å². The van der Waals surface area contributed by atoms with Crippen LogP contribution in [0.4, 0.5) is 0 Å². The highest BCUT2D eigenvalue weighted by molar-refractivity contribution is 5.03. The number of hydrogen-bond donors (Lipinski definition) is 1. The minimum Gasteiger partial charge on any atom is -0.469 e. The molecule has 1 aliphatic rings. The molecule has 0 bridgehead atoms. The van der Waals surface area contributed by atoms with Gasteiger partial charge in [-0.1, -0.05) is 0 Å². The highest BCUT2D eigenvalue weighted by atomic mass is 16.5. The van der Waals surface area contributed by atoms with Crippen molar-refractivity contribution in [2.75, 3.05) is 6.61 Å². The van der Waals surface area contributed by atoms with Crippen LogP contribution in [0.2, 0.25) is 0 Å². The fourth-order valence-corrected chi connectivity index (χ4v) is 2.93. The van der Waals surface area contributed by atoms with E-state index in [1.807, 2.05) is 36.1 Å². The molecule has 1 N–H and O–H groups in total. The summed E-state index contributed by atoms with van der Waals surface area (Å²) in [6, 6.07) is 4.72. The third kappa shape index (κ3) is 3.36. The van der Waals surface area contributed by atoms with Crippen LogP contribution in [0, 0.1) is 0 Å². The van der Waals surface area contributed by atoms with E-state index in [2.05, 4.69) is 17.2 Å². The molecule has 3 rings (SSSR count). The number of hydrogen-bond acceptors (Lipinski definition) is 4. The summed E-state index contributed by atoms with van der Waals surface area (Å²) in [5.74, 6) is 2.05. The molecule has 21 heavy (non-hydrogen) atoms. The maximum absolute atomic E-state index is 5.88. The summed E-state index contributed by atoms with van der Waals surface area (Å²) in [7, 11) is 2.02. The van der Waals surface area contributed by atoms with Crippen molar-refractivity contribution in [1.29, 1.82) is 0 Å². The third-order valence-corrected chi connectivity index (χ3v) is 4.11.